The maximum atomic E-state index is 13.3. The highest BCUT2D eigenvalue weighted by molar-refractivity contribution is 7.44. The van der Waals surface area contributed by atoms with Gasteiger partial charge in [-0.25, -0.2) is 19.6 Å². The predicted molar refractivity (Wildman–Crippen MR) is 268 cm³/mol. The number of nitriles is 1. The van der Waals surface area contributed by atoms with Crippen molar-refractivity contribution in [3.8, 4) is 23.3 Å². The van der Waals surface area contributed by atoms with Crippen LogP contribution in [0.2, 0.25) is 0 Å². The molecule has 70 heavy (non-hydrogen) atoms. The van der Waals surface area contributed by atoms with Crippen LogP contribution in [0.1, 0.15) is 83.4 Å². The molecule has 1 fully saturated rings. The highest BCUT2D eigenvalue weighted by atomic mass is 31.2. The summed E-state index contributed by atoms with van der Waals surface area (Å²) in [5, 5.41) is 12.4. The van der Waals surface area contributed by atoms with Gasteiger partial charge in [-0.3, -0.25) is 9.36 Å². The number of imidazole rings is 1. The summed E-state index contributed by atoms with van der Waals surface area (Å²) < 4.78 is 55.4. The molecule has 1 saturated heterocycles. The molecule has 0 bridgehead atoms. The Hall–Kier alpha value is -6.02. The minimum absolute atomic E-state index is 0.0133. The number of benzene rings is 4. The van der Waals surface area contributed by atoms with Gasteiger partial charge in [0.1, 0.15) is 47.5 Å². The molecule has 5 atom stereocenters. The van der Waals surface area contributed by atoms with Crippen LogP contribution < -0.4 is 19.5 Å². The quantitative estimate of drug-likeness (QED) is 0.0387. The molecule has 4 aromatic carbocycles. The van der Waals surface area contributed by atoms with Gasteiger partial charge in [-0.1, -0.05) is 87.5 Å². The Bertz CT molecular complexity index is 2600. The highest BCUT2D eigenvalue weighted by Crippen LogP contribution is 2.51. The van der Waals surface area contributed by atoms with Crippen molar-refractivity contribution >= 4 is 31.4 Å². The van der Waals surface area contributed by atoms with Gasteiger partial charge in [-0.2, -0.15) is 5.26 Å². The number of methoxy groups -OCH3 is 3. The van der Waals surface area contributed by atoms with E-state index < -0.39 is 44.6 Å². The zero-order valence-corrected chi connectivity index (χ0v) is 42.5. The maximum Gasteiger partial charge on any atom is 0.263 e. The molecule has 1 aliphatic rings. The average molecular weight is 974 g/mol. The van der Waals surface area contributed by atoms with Crippen LogP contribution in [-0.2, 0) is 39.1 Å². The lowest BCUT2D eigenvalue weighted by atomic mass is 9.80. The third kappa shape index (κ3) is 11.6. The fourth-order valence-corrected chi connectivity index (χ4v) is 10.4. The third-order valence-electron chi connectivity index (χ3n) is 12.1. The van der Waals surface area contributed by atoms with E-state index in [1.54, 1.807) is 32.2 Å². The lowest BCUT2D eigenvalue weighted by molar-refractivity contribution is -0.118. The van der Waals surface area contributed by atoms with Crippen molar-refractivity contribution in [1.29, 1.82) is 5.26 Å². The highest BCUT2D eigenvalue weighted by Gasteiger charge is 2.51. The largest absolute Gasteiger partial charge is 0.497 e. The Kier molecular flexibility index (Phi) is 17.2. The van der Waals surface area contributed by atoms with Gasteiger partial charge in [0.2, 0.25) is 0 Å². The Morgan fingerprint density at radius 3 is 1.94 bits per heavy atom. The number of nitrogens with zero attached hydrogens (tertiary/aromatic N) is 6. The summed E-state index contributed by atoms with van der Waals surface area (Å²) >= 11 is 0. The zero-order chi connectivity index (χ0) is 50.0. The van der Waals surface area contributed by atoms with Gasteiger partial charge in [0.05, 0.1) is 46.3 Å². The number of carbonyl (C=O) groups is 1. The summed E-state index contributed by atoms with van der Waals surface area (Å²) in [7, 11) is 3.07. The normalized spacial score (nSPS) is 17.8. The van der Waals surface area contributed by atoms with Gasteiger partial charge in [0.25, 0.3) is 14.4 Å². The summed E-state index contributed by atoms with van der Waals surface area (Å²) in [6.07, 6.45) is -0.140. The van der Waals surface area contributed by atoms with Gasteiger partial charge < -0.3 is 42.8 Å². The Morgan fingerprint density at radius 1 is 0.800 bits per heavy atom. The molecule has 6 aromatic rings. The number of ether oxygens (including phenoxy) is 6. The molecule has 7 rings (SSSR count). The first-order valence-corrected chi connectivity index (χ1v) is 24.5. The Balaban J connectivity index is 1.26. The number of anilines is 1. The summed E-state index contributed by atoms with van der Waals surface area (Å²) in [5.74, 6) is 1.73. The molecule has 370 valence electrons. The summed E-state index contributed by atoms with van der Waals surface area (Å²) in [6.45, 7) is 14.6. The predicted octanol–water partition coefficient (Wildman–Crippen LogP) is 9.74. The van der Waals surface area contributed by atoms with E-state index in [2.05, 4.69) is 74.5 Å². The number of aromatic nitrogens is 4. The van der Waals surface area contributed by atoms with Crippen LogP contribution in [-0.4, -0.2) is 102 Å². The van der Waals surface area contributed by atoms with Crippen molar-refractivity contribution in [2.24, 2.45) is 0 Å². The minimum Gasteiger partial charge on any atom is -0.497 e. The van der Waals surface area contributed by atoms with Crippen molar-refractivity contribution < 1.29 is 42.3 Å². The van der Waals surface area contributed by atoms with Gasteiger partial charge in [0.15, 0.2) is 29.8 Å². The van der Waals surface area contributed by atoms with Crippen LogP contribution in [0.5, 0.6) is 17.2 Å². The van der Waals surface area contributed by atoms with Crippen LogP contribution in [0, 0.1) is 11.3 Å². The average Bonchev–Trinajstić information content (AvgIpc) is 3.95. The fraction of sp³-hybridized carbons (Fsp3) is 0.415. The molecule has 2 aromatic heterocycles. The van der Waals surface area contributed by atoms with Crippen molar-refractivity contribution in [1.82, 2.24) is 24.2 Å². The van der Waals surface area contributed by atoms with Crippen LogP contribution in [0.4, 0.5) is 5.82 Å². The summed E-state index contributed by atoms with van der Waals surface area (Å²) in [6, 6.07) is 35.5. The number of fused-ring (bicyclic) bond motifs is 1. The van der Waals surface area contributed by atoms with E-state index in [-0.39, 0.29) is 49.6 Å². The van der Waals surface area contributed by atoms with Gasteiger partial charge >= 0.3 is 0 Å². The maximum absolute atomic E-state index is 13.3. The lowest BCUT2D eigenvalue weighted by Gasteiger charge is -2.39. The van der Waals surface area contributed by atoms with Crippen molar-refractivity contribution in [3.63, 3.8) is 0 Å². The molecule has 1 N–H and O–H groups in total. The van der Waals surface area contributed by atoms with Crippen molar-refractivity contribution in [2.45, 2.75) is 103 Å². The van der Waals surface area contributed by atoms with Gasteiger partial charge in [-0.05, 0) is 91.8 Å². The second-order valence-electron chi connectivity index (χ2n) is 18.4. The van der Waals surface area contributed by atoms with Crippen LogP contribution >= 0.6 is 8.53 Å². The van der Waals surface area contributed by atoms with E-state index in [1.807, 2.05) is 103 Å². The molecule has 1 unspecified atom stereocenters. The molecule has 16 nitrogen and oxygen atoms in total. The number of hydrogen-bond donors (Lipinski definition) is 1. The van der Waals surface area contributed by atoms with E-state index in [0.717, 1.165) is 22.3 Å². The topological polar surface area (TPSA) is 174 Å². The third-order valence-corrected chi connectivity index (χ3v) is 14.2. The number of nitrogens with one attached hydrogen (secondary N) is 1. The Labute approximate surface area is 412 Å². The summed E-state index contributed by atoms with van der Waals surface area (Å²) in [4.78, 5) is 27.0. The molecule has 0 spiro atoms. The standard InChI is InChI=1S/C53H64N7O9P/c1-35(2)60(36(3)4)70(67-30-14-29-54)69-47-44(31-66-53(38-15-12-11-13-16-38,39-19-23-41(62-8)24-20-39)40-21-25-42(63-9)26-22-40)68-51(48(47)64-10)59-34-57-46-49(55-33-56-50(46)59)58-45(61)32-65-43-27-17-37(18-28-43)52(5,6)7/h11-13,15-28,33-36,44,47-48,51H,14,30-32H2,1-10H3,(H,55,56,58,61)/t44-,47-,48-,51-,70?/m1/s1. The molecule has 0 radical (unpaired) electrons. The van der Waals surface area contributed by atoms with Gasteiger partial charge in [0, 0.05) is 19.2 Å². The molecule has 1 amide bonds. The van der Waals surface area contributed by atoms with Crippen molar-refractivity contribution in [2.75, 3.05) is 46.5 Å². The zero-order valence-electron chi connectivity index (χ0n) is 41.6. The number of hydrogen-bond acceptors (Lipinski definition) is 14. The van der Waals surface area contributed by atoms with E-state index >= 15 is 0 Å². The number of amides is 1. The smallest absolute Gasteiger partial charge is 0.263 e. The first-order chi connectivity index (χ1) is 33.7. The van der Waals surface area contributed by atoms with E-state index in [0.29, 0.717) is 28.4 Å². The van der Waals surface area contributed by atoms with E-state index in [9.17, 15) is 10.1 Å². The monoisotopic (exact) mass is 973 g/mol. The van der Waals surface area contributed by atoms with Crippen LogP contribution in [0.25, 0.3) is 11.2 Å². The molecule has 0 aliphatic carbocycles. The Morgan fingerprint density at radius 2 is 1.39 bits per heavy atom. The molecule has 0 saturated carbocycles. The SMILES string of the molecule is COc1ccc(C(OC[C@H]2O[C@@H](n3cnc4c(NC(=O)COc5ccc(C(C)(C)C)cc5)ncnc43)[C@H](OC)[C@@H]2OP(OCCC#N)N(C(C)C)C(C)C)(c2ccccc2)c2ccc(OC)cc2)cc1. The molecular weight excluding hydrogens is 910 g/mol. The van der Waals surface area contributed by atoms with E-state index in [4.69, 9.17) is 42.5 Å². The second kappa shape index (κ2) is 23.3. The van der Waals surface area contributed by atoms with Crippen molar-refractivity contribution in [3.05, 3.63) is 138 Å². The molecule has 3 heterocycles. The first-order valence-electron chi connectivity index (χ1n) is 23.3. The number of rotatable bonds is 22. The first kappa shape index (κ1) is 51.8. The second-order valence-corrected chi connectivity index (χ2v) is 19.8. The molecular formula is C53H64N7O9P. The lowest BCUT2D eigenvalue weighted by Crippen LogP contribution is -2.42. The van der Waals surface area contributed by atoms with E-state index in [1.165, 1.54) is 6.33 Å². The van der Waals surface area contributed by atoms with Crippen LogP contribution in [0.3, 0.4) is 0 Å². The fourth-order valence-electron chi connectivity index (χ4n) is 8.62. The van der Waals surface area contributed by atoms with Crippen LogP contribution in [0.15, 0.2) is 116 Å². The molecule has 1 aliphatic heterocycles. The van der Waals surface area contributed by atoms with Gasteiger partial charge in [-0.15, -0.1) is 0 Å². The number of carbonyl (C=O) groups excluding carboxylic acids is 1. The summed E-state index contributed by atoms with van der Waals surface area (Å²) in [5.41, 5.74) is 3.20. The molecule has 17 heteroatoms. The minimum atomic E-state index is -1.79.